The summed E-state index contributed by atoms with van der Waals surface area (Å²) in [5.41, 5.74) is 0.515. The molecule has 0 heterocycles. The molecule has 0 saturated carbocycles. The standard InChI is InChI=1S/C14H19N3O5/c1-8(2)15-11(14(19)20)7-13(18)16-10-5-4-9(3)6-12(10)17(21)22/h4-6,8,11,15H,7H2,1-3H3,(H,16,18)(H,19,20)/t11-/m0/s1. The Kier molecular flexibility index (Phi) is 6.00. The van der Waals surface area contributed by atoms with Gasteiger partial charge in [0.05, 0.1) is 11.3 Å². The zero-order valence-electron chi connectivity index (χ0n) is 12.6. The summed E-state index contributed by atoms with van der Waals surface area (Å²) in [7, 11) is 0. The fourth-order valence-corrected chi connectivity index (χ4v) is 1.90. The van der Waals surface area contributed by atoms with Gasteiger partial charge in [-0.2, -0.15) is 0 Å². The van der Waals surface area contributed by atoms with Crippen molar-refractivity contribution < 1.29 is 19.6 Å². The Morgan fingerprint density at radius 3 is 2.50 bits per heavy atom. The highest BCUT2D eigenvalue weighted by molar-refractivity contribution is 5.95. The number of rotatable bonds is 7. The van der Waals surface area contributed by atoms with E-state index in [0.717, 1.165) is 0 Å². The van der Waals surface area contributed by atoms with Gasteiger partial charge in [0, 0.05) is 12.1 Å². The lowest BCUT2D eigenvalue weighted by molar-refractivity contribution is -0.384. The first-order valence-electron chi connectivity index (χ1n) is 6.74. The van der Waals surface area contributed by atoms with Crippen LogP contribution >= 0.6 is 0 Å². The highest BCUT2D eigenvalue weighted by Crippen LogP contribution is 2.25. The second kappa shape index (κ2) is 7.51. The number of carboxylic acids is 1. The summed E-state index contributed by atoms with van der Waals surface area (Å²) in [6, 6.07) is 3.24. The Labute approximate surface area is 127 Å². The minimum Gasteiger partial charge on any atom is -0.480 e. The largest absolute Gasteiger partial charge is 0.480 e. The number of amides is 1. The maximum Gasteiger partial charge on any atom is 0.321 e. The van der Waals surface area contributed by atoms with E-state index in [1.807, 2.05) is 0 Å². The summed E-state index contributed by atoms with van der Waals surface area (Å²) in [5.74, 6) is -1.75. The minimum atomic E-state index is -1.15. The second-order valence-electron chi connectivity index (χ2n) is 5.24. The van der Waals surface area contributed by atoms with Crippen molar-refractivity contribution in [1.29, 1.82) is 0 Å². The fourth-order valence-electron chi connectivity index (χ4n) is 1.90. The van der Waals surface area contributed by atoms with Crippen LogP contribution in [0.3, 0.4) is 0 Å². The van der Waals surface area contributed by atoms with Gasteiger partial charge in [0.15, 0.2) is 0 Å². The van der Waals surface area contributed by atoms with Gasteiger partial charge in [-0.3, -0.25) is 19.7 Å². The van der Waals surface area contributed by atoms with E-state index in [4.69, 9.17) is 5.11 Å². The maximum absolute atomic E-state index is 11.9. The molecule has 0 aliphatic heterocycles. The quantitative estimate of drug-likeness (QED) is 0.520. The van der Waals surface area contributed by atoms with E-state index < -0.39 is 22.8 Å². The maximum atomic E-state index is 11.9. The van der Waals surface area contributed by atoms with Crippen molar-refractivity contribution in [2.75, 3.05) is 5.32 Å². The lowest BCUT2D eigenvalue weighted by Gasteiger charge is -2.16. The first kappa shape index (κ1) is 17.6. The molecule has 1 aromatic rings. The Balaban J connectivity index is 2.84. The van der Waals surface area contributed by atoms with Crippen LogP contribution < -0.4 is 10.6 Å². The smallest absolute Gasteiger partial charge is 0.321 e. The molecule has 0 aliphatic rings. The zero-order chi connectivity index (χ0) is 16.9. The third-order valence-electron chi connectivity index (χ3n) is 2.85. The number of benzene rings is 1. The lowest BCUT2D eigenvalue weighted by Crippen LogP contribution is -2.43. The van der Waals surface area contributed by atoms with E-state index in [-0.39, 0.29) is 23.8 Å². The summed E-state index contributed by atoms with van der Waals surface area (Å²) in [6.45, 7) is 5.23. The molecule has 1 atom stereocenters. The van der Waals surface area contributed by atoms with E-state index >= 15 is 0 Å². The lowest BCUT2D eigenvalue weighted by atomic mass is 10.1. The number of hydrogen-bond acceptors (Lipinski definition) is 5. The van der Waals surface area contributed by atoms with Crippen molar-refractivity contribution in [3.63, 3.8) is 0 Å². The van der Waals surface area contributed by atoms with Gasteiger partial charge < -0.3 is 15.7 Å². The van der Waals surface area contributed by atoms with Crippen LogP contribution in [0.25, 0.3) is 0 Å². The van der Waals surface area contributed by atoms with Crippen molar-refractivity contribution in [3.8, 4) is 0 Å². The van der Waals surface area contributed by atoms with Gasteiger partial charge in [-0.15, -0.1) is 0 Å². The van der Waals surface area contributed by atoms with Crippen molar-refractivity contribution in [2.24, 2.45) is 0 Å². The van der Waals surface area contributed by atoms with E-state index in [2.05, 4.69) is 10.6 Å². The van der Waals surface area contributed by atoms with E-state index in [1.54, 1.807) is 26.8 Å². The SMILES string of the molecule is Cc1ccc(NC(=O)C[C@H](NC(C)C)C(=O)O)c([N+](=O)[O-])c1. The number of nitro benzene ring substituents is 1. The second-order valence-corrected chi connectivity index (χ2v) is 5.24. The Hall–Kier alpha value is -2.48. The molecule has 120 valence electrons. The number of carboxylic acid groups (broad SMARTS) is 1. The van der Waals surface area contributed by atoms with E-state index in [9.17, 15) is 19.7 Å². The van der Waals surface area contributed by atoms with Crippen molar-refractivity contribution in [2.45, 2.75) is 39.3 Å². The van der Waals surface area contributed by atoms with Crippen LogP contribution in [-0.4, -0.2) is 34.0 Å². The summed E-state index contributed by atoms with van der Waals surface area (Å²) in [4.78, 5) is 33.4. The first-order chi connectivity index (χ1) is 10.2. The van der Waals surface area contributed by atoms with Crippen LogP contribution in [0.2, 0.25) is 0 Å². The van der Waals surface area contributed by atoms with Crippen LogP contribution in [0.4, 0.5) is 11.4 Å². The number of hydrogen-bond donors (Lipinski definition) is 3. The first-order valence-corrected chi connectivity index (χ1v) is 6.74. The molecule has 0 spiro atoms. The Bertz CT molecular complexity index is 586. The van der Waals surface area contributed by atoms with Gasteiger partial charge in [-0.1, -0.05) is 19.9 Å². The van der Waals surface area contributed by atoms with Gasteiger partial charge in [0.1, 0.15) is 11.7 Å². The van der Waals surface area contributed by atoms with Crippen LogP contribution in [0.15, 0.2) is 18.2 Å². The van der Waals surface area contributed by atoms with Gasteiger partial charge in [0.2, 0.25) is 5.91 Å². The molecule has 1 rings (SSSR count). The highest BCUT2D eigenvalue weighted by atomic mass is 16.6. The van der Waals surface area contributed by atoms with Crippen molar-refractivity contribution >= 4 is 23.3 Å². The molecule has 22 heavy (non-hydrogen) atoms. The van der Waals surface area contributed by atoms with Crippen LogP contribution in [0, 0.1) is 17.0 Å². The molecule has 8 nitrogen and oxygen atoms in total. The van der Waals surface area contributed by atoms with Crippen molar-refractivity contribution in [3.05, 3.63) is 33.9 Å². The number of carbonyl (C=O) groups excluding carboxylic acids is 1. The molecule has 8 heteroatoms. The number of aryl methyl sites for hydroxylation is 1. The predicted molar refractivity (Wildman–Crippen MR) is 80.8 cm³/mol. The summed E-state index contributed by atoms with van der Waals surface area (Å²) < 4.78 is 0. The monoisotopic (exact) mass is 309 g/mol. The summed E-state index contributed by atoms with van der Waals surface area (Å²) in [5, 5.41) is 25.2. The number of aliphatic carboxylic acids is 1. The average molecular weight is 309 g/mol. The molecule has 0 radical (unpaired) electrons. The summed E-state index contributed by atoms with van der Waals surface area (Å²) in [6.07, 6.45) is -0.321. The van der Waals surface area contributed by atoms with Crippen LogP contribution in [0.5, 0.6) is 0 Å². The number of nitro groups is 1. The molecule has 0 saturated heterocycles. The topological polar surface area (TPSA) is 122 Å². The highest BCUT2D eigenvalue weighted by Gasteiger charge is 2.23. The molecule has 0 bridgehead atoms. The zero-order valence-corrected chi connectivity index (χ0v) is 12.6. The molecule has 0 unspecified atom stereocenters. The molecule has 0 fully saturated rings. The van der Waals surface area contributed by atoms with Crippen LogP contribution in [-0.2, 0) is 9.59 Å². The molecule has 1 aromatic carbocycles. The molecular weight excluding hydrogens is 290 g/mol. The summed E-state index contributed by atoms with van der Waals surface area (Å²) >= 11 is 0. The van der Waals surface area contributed by atoms with Gasteiger partial charge in [-0.25, -0.2) is 0 Å². The number of nitrogens with one attached hydrogen (secondary N) is 2. The molecule has 0 aliphatic carbocycles. The Morgan fingerprint density at radius 2 is 2.00 bits per heavy atom. The Morgan fingerprint density at radius 1 is 1.36 bits per heavy atom. The van der Waals surface area contributed by atoms with Crippen molar-refractivity contribution in [1.82, 2.24) is 5.32 Å². The van der Waals surface area contributed by atoms with E-state index in [1.165, 1.54) is 12.1 Å². The van der Waals surface area contributed by atoms with Gasteiger partial charge in [0.25, 0.3) is 5.69 Å². The number of anilines is 1. The van der Waals surface area contributed by atoms with Crippen LogP contribution in [0.1, 0.15) is 25.8 Å². The third-order valence-corrected chi connectivity index (χ3v) is 2.85. The van der Waals surface area contributed by atoms with Gasteiger partial charge >= 0.3 is 5.97 Å². The van der Waals surface area contributed by atoms with E-state index in [0.29, 0.717) is 5.56 Å². The normalized spacial score (nSPS) is 12.0. The molecule has 0 aromatic heterocycles. The number of nitrogens with zero attached hydrogens (tertiary/aromatic N) is 1. The van der Waals surface area contributed by atoms with Gasteiger partial charge in [-0.05, 0) is 18.6 Å². The third kappa shape index (κ3) is 5.13. The minimum absolute atomic E-state index is 0.0503. The predicted octanol–water partition coefficient (Wildman–Crippen LogP) is 1.68. The molecule has 3 N–H and O–H groups in total. The molecule has 1 amide bonds. The fraction of sp³-hybridized carbons (Fsp3) is 0.429. The average Bonchev–Trinajstić information content (AvgIpc) is 2.39. The molecular formula is C14H19N3O5. The number of carbonyl (C=O) groups is 2.